The number of epoxide rings is 1. The predicted octanol–water partition coefficient (Wildman–Crippen LogP) is 18.5. The van der Waals surface area contributed by atoms with Crippen molar-refractivity contribution < 1.29 is 77.8 Å². The second-order valence-electron chi connectivity index (χ2n) is 30.3. The van der Waals surface area contributed by atoms with Crippen LogP contribution in [0.2, 0.25) is 0 Å². The molecule has 7 N–H and O–H groups in total. The summed E-state index contributed by atoms with van der Waals surface area (Å²) in [6, 6.07) is 75.5. The number of carboxylic acid groups (broad SMARTS) is 3. The predicted molar refractivity (Wildman–Crippen MR) is 491 cm³/mol. The first kappa shape index (κ1) is 94.7. The Hall–Kier alpha value is -14.5. The molecule has 13 aromatic rings. The second-order valence-corrected chi connectivity index (χ2v) is 31.3. The summed E-state index contributed by atoms with van der Waals surface area (Å²) in [6.45, 7) is 19.3. The molecule has 646 valence electrons. The molecule has 2 fully saturated rings. The minimum Gasteiger partial charge on any atom is -0.478 e. The average Bonchev–Trinajstić information content (AvgIpc) is 1.76. The van der Waals surface area contributed by atoms with E-state index in [-0.39, 0.29) is 40.5 Å². The summed E-state index contributed by atoms with van der Waals surface area (Å²) < 4.78 is 11.4. The van der Waals surface area contributed by atoms with Crippen molar-refractivity contribution in [2.45, 2.75) is 80.3 Å². The molecular formula is C103H96BrN7O16. The van der Waals surface area contributed by atoms with Gasteiger partial charge in [-0.3, -0.25) is 53.4 Å². The van der Waals surface area contributed by atoms with Gasteiger partial charge in [0.05, 0.1) is 42.6 Å². The van der Waals surface area contributed by atoms with E-state index in [1.54, 1.807) is 67.1 Å². The van der Waals surface area contributed by atoms with E-state index in [4.69, 9.17) is 24.8 Å². The third kappa shape index (κ3) is 29.9. The molecule has 3 amide bonds. The van der Waals surface area contributed by atoms with Crippen molar-refractivity contribution in [1.29, 1.82) is 0 Å². The monoisotopic (exact) mass is 1770 g/mol. The van der Waals surface area contributed by atoms with Gasteiger partial charge < -0.3 is 45.9 Å². The first-order chi connectivity index (χ1) is 61.1. The molecule has 127 heavy (non-hydrogen) atoms. The molecule has 2 aliphatic rings. The number of morpholine rings is 1. The van der Waals surface area contributed by atoms with E-state index in [2.05, 4.69) is 101 Å². The van der Waals surface area contributed by atoms with E-state index in [0.717, 1.165) is 120 Å². The molecule has 24 heteroatoms. The Labute approximate surface area is 744 Å². The normalized spacial score (nSPS) is 12.5. The number of halogens is 1. The van der Waals surface area contributed by atoms with Gasteiger partial charge in [-0.15, -0.1) is 0 Å². The number of pyridine rings is 3. The largest absolute Gasteiger partial charge is 0.478 e. The lowest BCUT2D eigenvalue weighted by Crippen LogP contribution is -2.38. The van der Waals surface area contributed by atoms with Crippen LogP contribution >= 0.6 is 15.9 Å². The van der Waals surface area contributed by atoms with Crippen LogP contribution in [0.1, 0.15) is 183 Å². The number of aldehydes is 4. The molecule has 2 unspecified atom stereocenters. The smallest absolute Gasteiger partial charge is 0.335 e. The van der Waals surface area contributed by atoms with Gasteiger partial charge in [0.1, 0.15) is 31.2 Å². The van der Waals surface area contributed by atoms with Crippen LogP contribution < -0.4 is 16.0 Å². The van der Waals surface area contributed by atoms with Gasteiger partial charge in [-0.05, 0) is 242 Å². The Morgan fingerprint density at radius 1 is 0.394 bits per heavy atom. The van der Waals surface area contributed by atoms with Gasteiger partial charge in [0, 0.05) is 118 Å². The Balaban J connectivity index is 0.000000165. The third-order valence-corrected chi connectivity index (χ3v) is 20.6. The van der Waals surface area contributed by atoms with E-state index in [1.165, 1.54) is 47.5 Å². The van der Waals surface area contributed by atoms with Crippen molar-refractivity contribution >= 4 is 76.7 Å². The first-order valence-corrected chi connectivity index (χ1v) is 41.4. The Morgan fingerprint density at radius 3 is 1.12 bits per heavy atom. The number of aliphatic hydroxyl groups is 1. The maximum atomic E-state index is 13.0. The summed E-state index contributed by atoms with van der Waals surface area (Å²) in [5.74, 6) is -3.58. The van der Waals surface area contributed by atoms with Crippen molar-refractivity contribution in [3.05, 3.63) is 395 Å². The van der Waals surface area contributed by atoms with E-state index in [9.17, 15) is 53.1 Å². The van der Waals surface area contributed by atoms with E-state index in [1.807, 2.05) is 163 Å². The standard InChI is InChI=1S/C27H31N3O3.C23H22N2O2.C22H20N2O2.C15H12O3.C8H5BrO3.C8H6O3/c1-19-3-7-22(8-4-19)23-13-24(26(31)18-30-9-11-33-12-10-30)15-25(14-23)27(32)29-17-21-6-5-20(2)28-16-21;1-15-3-7-18(8-4-15)19-9-20(22-14-27-22)11-21(10-19)23(26)25-13-17-6-5-16(2)24-12-17;1-15-3-7-19(8-4-15)20-9-18(14-25)10-21(11-20)22(26)24-13-17-6-5-16(2)23-12-17;1-10-2-4-12(5-3-10)13-6-11(9-16)7-14(8-13)15(17)18;9-7-2-5(4-10)1-6(3-7)8(11)12;9-5-6-2-1-3-7(4-6)8(10)11/h3-8,13-16,26,31H,9-12,17-18H2,1-2H3,(H,29,32);3-12,22H,13-14H2,1-2H3,(H,25,26);3-12,14H,13H2,1-2H3,(H,24,26);2-9H,1H3,(H,17,18);1-4H,(H,11,12);1-5H,(H,10,11). The number of carbonyl (C=O) groups excluding carboxylic acids is 7. The molecule has 0 saturated carbocycles. The van der Waals surface area contributed by atoms with Gasteiger partial charge in [-0.25, -0.2) is 14.4 Å². The molecular weight excluding hydrogens is 1670 g/mol. The number of benzene rings is 10. The molecule has 2 aliphatic heterocycles. The average molecular weight is 1770 g/mol. The number of hydrogen-bond acceptors (Lipinski definition) is 17. The highest BCUT2D eigenvalue weighted by atomic mass is 79.9. The Kier molecular flexibility index (Phi) is 34.9. The SMILES string of the molecule is Cc1ccc(-c2cc(C(=O)NCc3ccc(C)nc3)cc(C(O)CN3CCOCC3)c2)cc1.Cc1ccc(-c2cc(C(=O)NCc3ccc(C)nc3)cc(C3CO3)c2)cc1.Cc1ccc(-c2cc(C=O)cc(C(=O)NCc3ccc(C)nc3)c2)cc1.Cc1ccc(-c2cc(C=O)cc(C(=O)O)c2)cc1.O=Cc1cc(Br)cc(C(=O)O)c1.O=Cc1cccc(C(=O)O)c1. The van der Waals surface area contributed by atoms with E-state index >= 15 is 0 Å². The molecule has 23 nitrogen and oxygen atoms in total. The van der Waals surface area contributed by atoms with Crippen molar-refractivity contribution in [1.82, 2.24) is 35.8 Å². The highest BCUT2D eigenvalue weighted by Gasteiger charge is 2.27. The third-order valence-electron chi connectivity index (χ3n) is 20.1. The van der Waals surface area contributed by atoms with Crippen molar-refractivity contribution in [2.75, 3.05) is 39.5 Å². The zero-order valence-corrected chi connectivity index (χ0v) is 72.7. The van der Waals surface area contributed by atoms with Crippen molar-refractivity contribution in [3.63, 3.8) is 0 Å². The zero-order chi connectivity index (χ0) is 91.1. The molecule has 0 spiro atoms. The Morgan fingerprint density at radius 2 is 0.740 bits per heavy atom. The van der Waals surface area contributed by atoms with Crippen LogP contribution in [0.15, 0.2) is 272 Å². The minimum atomic E-state index is -1.04. The maximum absolute atomic E-state index is 13.0. The van der Waals surface area contributed by atoms with Crippen LogP contribution in [0, 0.1) is 48.5 Å². The number of rotatable bonds is 24. The van der Waals surface area contributed by atoms with Crippen LogP contribution in [0.25, 0.3) is 44.5 Å². The van der Waals surface area contributed by atoms with Gasteiger partial charge in [0.15, 0.2) is 0 Å². The summed E-state index contributed by atoms with van der Waals surface area (Å²) >= 11 is 3.10. The fourth-order valence-corrected chi connectivity index (χ4v) is 13.4. The number of aromatic nitrogens is 3. The lowest BCUT2D eigenvalue weighted by molar-refractivity contribution is 0.0143. The summed E-state index contributed by atoms with van der Waals surface area (Å²) in [5, 5.41) is 45.9. The van der Waals surface area contributed by atoms with Crippen LogP contribution in [0.4, 0.5) is 0 Å². The fraction of sp³-hybridized carbons (Fsp3) is 0.175. The maximum Gasteiger partial charge on any atom is 0.335 e. The number of aromatic carboxylic acids is 3. The molecule has 0 radical (unpaired) electrons. The summed E-state index contributed by atoms with van der Waals surface area (Å²) in [6.07, 6.45) is 7.36. The molecule has 0 aliphatic carbocycles. The minimum absolute atomic E-state index is 0.0913. The number of nitrogens with one attached hydrogen (secondary N) is 3. The van der Waals surface area contributed by atoms with Gasteiger partial charge in [0.2, 0.25) is 0 Å². The number of amides is 3. The molecule has 10 aromatic carbocycles. The molecule has 0 bridgehead atoms. The zero-order valence-electron chi connectivity index (χ0n) is 71.1. The Bertz CT molecular complexity index is 6020. The summed E-state index contributed by atoms with van der Waals surface area (Å²) in [7, 11) is 0. The highest BCUT2D eigenvalue weighted by molar-refractivity contribution is 9.10. The van der Waals surface area contributed by atoms with Gasteiger partial charge >= 0.3 is 17.9 Å². The number of carboxylic acids is 3. The second kappa shape index (κ2) is 46.8. The molecule has 2 saturated heterocycles. The van der Waals surface area contributed by atoms with Crippen molar-refractivity contribution in [3.8, 4) is 44.5 Å². The number of ether oxygens (including phenoxy) is 2. The molecule has 5 heterocycles. The molecule has 15 rings (SSSR count). The lowest BCUT2D eigenvalue weighted by atomic mass is 9.96. The van der Waals surface area contributed by atoms with Crippen LogP contribution in [0.5, 0.6) is 0 Å². The molecule has 3 aromatic heterocycles. The quantitative estimate of drug-likeness (QED) is 0.0218. The van der Waals surface area contributed by atoms with Gasteiger partial charge in [-0.2, -0.15) is 0 Å². The van der Waals surface area contributed by atoms with E-state index in [0.29, 0.717) is 108 Å². The van der Waals surface area contributed by atoms with Crippen LogP contribution in [0.3, 0.4) is 0 Å². The summed E-state index contributed by atoms with van der Waals surface area (Å²) in [4.78, 5) is 128. The van der Waals surface area contributed by atoms with Crippen LogP contribution in [-0.4, -0.2) is 141 Å². The number of β-amino-alcohol motifs (C(OH)–C–C–N with tert-alkyl or cyclic N) is 1. The van der Waals surface area contributed by atoms with Crippen molar-refractivity contribution in [2.24, 2.45) is 0 Å². The van der Waals surface area contributed by atoms with Gasteiger partial charge in [0.25, 0.3) is 17.7 Å². The number of hydrogen-bond donors (Lipinski definition) is 7. The number of carbonyl (C=O) groups is 10. The highest BCUT2D eigenvalue weighted by Crippen LogP contribution is 2.35. The number of aryl methyl sites for hydroxylation is 7. The topological polar surface area (TPSA) is 351 Å². The van der Waals surface area contributed by atoms with E-state index < -0.39 is 24.0 Å². The number of nitrogens with zero attached hydrogens (tertiary/aromatic N) is 4. The fourth-order valence-electron chi connectivity index (χ4n) is 12.9. The van der Waals surface area contributed by atoms with Gasteiger partial charge in [-0.1, -0.05) is 166 Å². The summed E-state index contributed by atoms with van der Waals surface area (Å²) in [5.41, 5.74) is 23.2. The lowest BCUT2D eigenvalue weighted by Gasteiger charge is -2.29. The molecule has 2 atom stereocenters. The first-order valence-electron chi connectivity index (χ1n) is 40.6. The van der Waals surface area contributed by atoms with Crippen LogP contribution in [-0.2, 0) is 29.1 Å². The number of aliphatic hydroxyl groups excluding tert-OH is 1.